The van der Waals surface area contributed by atoms with Crippen LogP contribution in [-0.4, -0.2) is 16.1 Å². The molecule has 0 saturated carbocycles. The number of nitrogens with zero attached hydrogens (tertiary/aromatic N) is 2. The van der Waals surface area contributed by atoms with Gasteiger partial charge in [0.2, 0.25) is 0 Å². The molecule has 0 saturated heterocycles. The van der Waals surface area contributed by atoms with E-state index in [-0.39, 0.29) is 0 Å². The molecule has 0 aliphatic carbocycles. The van der Waals surface area contributed by atoms with Gasteiger partial charge in [0.25, 0.3) is 0 Å². The lowest BCUT2D eigenvalue weighted by atomic mass is 10.1. The van der Waals surface area contributed by atoms with Crippen molar-refractivity contribution in [3.05, 3.63) is 52.6 Å². The molecule has 2 aromatic heterocycles. The molecule has 2 N–H and O–H groups in total. The molecule has 4 heteroatoms. The molecule has 18 heavy (non-hydrogen) atoms. The van der Waals surface area contributed by atoms with Gasteiger partial charge in [-0.05, 0) is 30.0 Å². The summed E-state index contributed by atoms with van der Waals surface area (Å²) in [5.41, 5.74) is 8.29. The van der Waals surface area contributed by atoms with Crippen molar-refractivity contribution in [1.29, 1.82) is 0 Å². The summed E-state index contributed by atoms with van der Waals surface area (Å²) in [6.07, 6.45) is 4.90. The summed E-state index contributed by atoms with van der Waals surface area (Å²) in [5, 5.41) is 4.43. The zero-order chi connectivity index (χ0) is 12.4. The lowest BCUT2D eigenvalue weighted by Gasteiger charge is -2.08. The third-order valence-corrected chi connectivity index (χ3v) is 3.84. The van der Waals surface area contributed by atoms with E-state index in [1.54, 1.807) is 11.3 Å². The summed E-state index contributed by atoms with van der Waals surface area (Å²) in [6, 6.07) is 8.56. The highest BCUT2D eigenvalue weighted by molar-refractivity contribution is 7.09. The molecular formula is C14H15N3S. The molecule has 0 atom stereocenters. The van der Waals surface area contributed by atoms with Crippen molar-refractivity contribution in [3.8, 4) is 0 Å². The smallest absolute Gasteiger partial charge is 0.112 e. The first-order valence-corrected chi connectivity index (χ1v) is 6.91. The zero-order valence-electron chi connectivity index (χ0n) is 10.0. The van der Waals surface area contributed by atoms with E-state index in [1.165, 1.54) is 16.5 Å². The third-order valence-electron chi connectivity index (χ3n) is 3.07. The van der Waals surface area contributed by atoms with Gasteiger partial charge in [0.1, 0.15) is 5.01 Å². The first-order valence-electron chi connectivity index (χ1n) is 6.03. The number of thiazole rings is 1. The largest absolute Gasteiger partial charge is 0.340 e. The van der Waals surface area contributed by atoms with Gasteiger partial charge in [-0.2, -0.15) is 0 Å². The molecule has 0 bridgehead atoms. The standard InChI is InChI=1S/C14H15N3S/c15-6-4-11-2-1-3-12-5-8-17(14(11)12)10-13-16-7-9-18-13/h1-3,5,7-9H,4,6,10,15H2. The van der Waals surface area contributed by atoms with E-state index in [0.29, 0.717) is 6.54 Å². The van der Waals surface area contributed by atoms with Crippen LogP contribution in [0.4, 0.5) is 0 Å². The van der Waals surface area contributed by atoms with Crippen LogP contribution in [0.1, 0.15) is 10.6 Å². The van der Waals surface area contributed by atoms with Crippen LogP contribution in [0.15, 0.2) is 42.0 Å². The van der Waals surface area contributed by atoms with Crippen molar-refractivity contribution < 1.29 is 0 Å². The highest BCUT2D eigenvalue weighted by atomic mass is 32.1. The SMILES string of the molecule is NCCc1cccc2ccn(Cc3nccs3)c12. The van der Waals surface area contributed by atoms with Gasteiger partial charge in [-0.25, -0.2) is 4.98 Å². The molecule has 0 amide bonds. The van der Waals surface area contributed by atoms with Gasteiger partial charge in [-0.3, -0.25) is 0 Å². The van der Waals surface area contributed by atoms with Crippen molar-refractivity contribution in [2.45, 2.75) is 13.0 Å². The molecule has 3 aromatic rings. The molecule has 0 aliphatic heterocycles. The monoisotopic (exact) mass is 257 g/mol. The fraction of sp³-hybridized carbons (Fsp3) is 0.214. The third kappa shape index (κ3) is 2.05. The zero-order valence-corrected chi connectivity index (χ0v) is 10.9. The second kappa shape index (κ2) is 4.92. The van der Waals surface area contributed by atoms with Crippen LogP contribution in [0.3, 0.4) is 0 Å². The van der Waals surface area contributed by atoms with Crippen molar-refractivity contribution in [2.75, 3.05) is 6.54 Å². The Bertz CT molecular complexity index is 640. The fourth-order valence-electron chi connectivity index (χ4n) is 2.31. The van der Waals surface area contributed by atoms with E-state index in [9.17, 15) is 0 Å². The van der Waals surface area contributed by atoms with Gasteiger partial charge in [0.15, 0.2) is 0 Å². The molecule has 2 heterocycles. The van der Waals surface area contributed by atoms with E-state index < -0.39 is 0 Å². The maximum atomic E-state index is 5.69. The van der Waals surface area contributed by atoms with Gasteiger partial charge in [0.05, 0.1) is 12.1 Å². The number of para-hydroxylation sites is 1. The number of benzene rings is 1. The molecule has 0 fully saturated rings. The van der Waals surface area contributed by atoms with Gasteiger partial charge >= 0.3 is 0 Å². The van der Waals surface area contributed by atoms with Gasteiger partial charge in [-0.1, -0.05) is 18.2 Å². The molecule has 1 aromatic carbocycles. The van der Waals surface area contributed by atoms with Gasteiger partial charge in [0, 0.05) is 17.8 Å². The quantitative estimate of drug-likeness (QED) is 0.781. The molecule has 3 rings (SSSR count). The molecule has 0 unspecified atom stereocenters. The lowest BCUT2D eigenvalue weighted by molar-refractivity contribution is 0.820. The topological polar surface area (TPSA) is 43.8 Å². The van der Waals surface area contributed by atoms with Crippen LogP contribution in [0.25, 0.3) is 10.9 Å². The minimum absolute atomic E-state index is 0.682. The van der Waals surface area contributed by atoms with Gasteiger partial charge in [-0.15, -0.1) is 11.3 Å². The Labute approximate surface area is 110 Å². The average molecular weight is 257 g/mol. The Balaban J connectivity index is 2.06. The number of fused-ring (bicyclic) bond motifs is 1. The maximum Gasteiger partial charge on any atom is 0.112 e. The van der Waals surface area contributed by atoms with Crippen LogP contribution in [0.5, 0.6) is 0 Å². The van der Waals surface area contributed by atoms with Crippen molar-refractivity contribution in [2.24, 2.45) is 5.73 Å². The minimum atomic E-state index is 0.682. The highest BCUT2D eigenvalue weighted by Gasteiger charge is 2.07. The second-order valence-electron chi connectivity index (χ2n) is 4.26. The molecule has 3 nitrogen and oxygen atoms in total. The van der Waals surface area contributed by atoms with Crippen LogP contribution in [-0.2, 0) is 13.0 Å². The van der Waals surface area contributed by atoms with Crippen molar-refractivity contribution >= 4 is 22.2 Å². The van der Waals surface area contributed by atoms with E-state index >= 15 is 0 Å². The number of hydrogen-bond donors (Lipinski definition) is 1. The van der Waals surface area contributed by atoms with Crippen LogP contribution in [0.2, 0.25) is 0 Å². The van der Waals surface area contributed by atoms with Crippen molar-refractivity contribution in [3.63, 3.8) is 0 Å². The maximum absolute atomic E-state index is 5.69. The molecule has 0 aliphatic rings. The van der Waals surface area contributed by atoms with Crippen LogP contribution in [0, 0.1) is 0 Å². The van der Waals surface area contributed by atoms with Crippen LogP contribution >= 0.6 is 11.3 Å². The molecular weight excluding hydrogens is 242 g/mol. The molecule has 0 radical (unpaired) electrons. The predicted octanol–water partition coefficient (Wildman–Crippen LogP) is 2.65. The van der Waals surface area contributed by atoms with E-state index in [2.05, 4.69) is 40.0 Å². The van der Waals surface area contributed by atoms with Gasteiger partial charge < -0.3 is 10.3 Å². The summed E-state index contributed by atoms with van der Waals surface area (Å²) >= 11 is 1.69. The number of aromatic nitrogens is 2. The molecule has 0 spiro atoms. The average Bonchev–Trinajstić information content (AvgIpc) is 3.01. The second-order valence-corrected chi connectivity index (χ2v) is 5.24. The fourth-order valence-corrected chi connectivity index (χ4v) is 2.92. The van der Waals surface area contributed by atoms with E-state index in [4.69, 9.17) is 5.73 Å². The number of hydrogen-bond acceptors (Lipinski definition) is 3. The normalized spacial score (nSPS) is 11.2. The Morgan fingerprint density at radius 3 is 3.00 bits per heavy atom. The summed E-state index contributed by atoms with van der Waals surface area (Å²) in [7, 11) is 0. The van der Waals surface area contributed by atoms with E-state index in [1.807, 2.05) is 11.6 Å². The lowest BCUT2D eigenvalue weighted by Crippen LogP contribution is -2.05. The molecule has 92 valence electrons. The summed E-state index contributed by atoms with van der Waals surface area (Å²) in [4.78, 5) is 4.35. The minimum Gasteiger partial charge on any atom is -0.340 e. The Hall–Kier alpha value is -1.65. The van der Waals surface area contributed by atoms with Crippen molar-refractivity contribution in [1.82, 2.24) is 9.55 Å². The summed E-state index contributed by atoms with van der Waals surface area (Å²) < 4.78 is 2.26. The number of nitrogens with two attached hydrogens (primary N) is 1. The highest BCUT2D eigenvalue weighted by Crippen LogP contribution is 2.22. The predicted molar refractivity (Wildman–Crippen MR) is 75.9 cm³/mol. The Morgan fingerprint density at radius 2 is 2.22 bits per heavy atom. The summed E-state index contributed by atoms with van der Waals surface area (Å²) in [6.45, 7) is 1.52. The van der Waals surface area contributed by atoms with Crippen LogP contribution < -0.4 is 5.73 Å². The first kappa shape index (κ1) is 11.4. The first-order chi connectivity index (χ1) is 8.88. The number of rotatable bonds is 4. The van der Waals surface area contributed by atoms with E-state index in [0.717, 1.165) is 18.0 Å². The Kier molecular flexibility index (Phi) is 3.13. The summed E-state index contributed by atoms with van der Waals surface area (Å²) in [5.74, 6) is 0. The Morgan fingerprint density at radius 1 is 1.28 bits per heavy atom.